The number of nitrogens with two attached hydrogens (primary N) is 1. The topological polar surface area (TPSA) is 97.1 Å². The molecule has 0 atom stereocenters. The number of nitrogens with zero attached hydrogens (tertiary/aromatic N) is 1. The Hall–Kier alpha value is -1.95. The Morgan fingerprint density at radius 2 is 1.82 bits per heavy atom. The first-order valence-corrected chi connectivity index (χ1v) is 7.44. The van der Waals surface area contributed by atoms with Gasteiger partial charge in [0.05, 0.1) is 5.56 Å². The highest BCUT2D eigenvalue weighted by atomic mass is 16.2. The summed E-state index contributed by atoms with van der Waals surface area (Å²) in [7, 11) is 0. The van der Waals surface area contributed by atoms with Gasteiger partial charge in [-0.05, 0) is 52.7 Å². The van der Waals surface area contributed by atoms with Crippen LogP contribution >= 0.6 is 0 Å². The minimum atomic E-state index is -0.603. The molecule has 22 heavy (non-hydrogen) atoms. The maximum Gasteiger partial charge on any atom is 0.267 e. The van der Waals surface area contributed by atoms with Gasteiger partial charge in [-0.1, -0.05) is 0 Å². The lowest BCUT2D eigenvalue weighted by atomic mass is 9.79. The number of carbonyl (C=O) groups is 2. The van der Waals surface area contributed by atoms with Crippen LogP contribution in [0.15, 0.2) is 18.3 Å². The van der Waals surface area contributed by atoms with Gasteiger partial charge in [0.25, 0.3) is 11.8 Å². The zero-order valence-corrected chi connectivity index (χ0v) is 13.6. The molecule has 1 aromatic heterocycles. The van der Waals surface area contributed by atoms with Crippen LogP contribution < -0.4 is 16.4 Å². The summed E-state index contributed by atoms with van der Waals surface area (Å²) in [5, 5.41) is 6.64. The lowest BCUT2D eigenvalue weighted by Gasteiger charge is -2.46. The van der Waals surface area contributed by atoms with E-state index >= 15 is 0 Å². The van der Waals surface area contributed by atoms with Crippen LogP contribution in [0, 0.1) is 0 Å². The second-order valence-electron chi connectivity index (χ2n) is 7.27. The summed E-state index contributed by atoms with van der Waals surface area (Å²) in [4.78, 5) is 27.2. The Labute approximate surface area is 130 Å². The van der Waals surface area contributed by atoms with Gasteiger partial charge in [-0.2, -0.15) is 0 Å². The third kappa shape index (κ3) is 4.04. The molecule has 1 aliphatic rings. The molecule has 0 bridgehead atoms. The number of hydrogen-bond donors (Lipinski definition) is 3. The molecule has 1 fully saturated rings. The molecule has 0 aliphatic carbocycles. The monoisotopic (exact) mass is 304 g/mol. The molecule has 2 amide bonds. The number of pyridine rings is 1. The van der Waals surface area contributed by atoms with E-state index in [9.17, 15) is 9.59 Å². The van der Waals surface area contributed by atoms with Gasteiger partial charge in [0.15, 0.2) is 0 Å². The van der Waals surface area contributed by atoms with Crippen molar-refractivity contribution in [2.24, 2.45) is 5.73 Å². The molecule has 1 aromatic rings. The second kappa shape index (κ2) is 5.68. The smallest absolute Gasteiger partial charge is 0.267 e. The Morgan fingerprint density at radius 3 is 2.27 bits per heavy atom. The molecule has 2 rings (SSSR count). The van der Waals surface area contributed by atoms with Gasteiger partial charge in [0.1, 0.15) is 5.69 Å². The summed E-state index contributed by atoms with van der Waals surface area (Å²) in [6.45, 7) is 8.54. The molecule has 0 saturated carbocycles. The molecule has 0 unspecified atom stereocenters. The Balaban J connectivity index is 2.06. The van der Waals surface area contributed by atoms with Crippen molar-refractivity contribution < 1.29 is 9.59 Å². The number of piperidine rings is 1. The summed E-state index contributed by atoms with van der Waals surface area (Å²) in [6, 6.07) is 3.13. The molecule has 0 radical (unpaired) electrons. The summed E-state index contributed by atoms with van der Waals surface area (Å²) in [5.41, 5.74) is 5.66. The average Bonchev–Trinajstić information content (AvgIpc) is 2.34. The van der Waals surface area contributed by atoms with Crippen molar-refractivity contribution in [1.82, 2.24) is 15.6 Å². The van der Waals surface area contributed by atoms with Crippen LogP contribution in [0.4, 0.5) is 0 Å². The number of aromatic nitrogens is 1. The molecule has 1 aliphatic heterocycles. The van der Waals surface area contributed by atoms with E-state index in [1.807, 2.05) is 0 Å². The van der Waals surface area contributed by atoms with Gasteiger partial charge in [0.2, 0.25) is 0 Å². The molecule has 0 spiro atoms. The van der Waals surface area contributed by atoms with E-state index in [1.165, 1.54) is 12.3 Å². The summed E-state index contributed by atoms with van der Waals surface area (Å²) in [5.74, 6) is -0.782. The zero-order chi connectivity index (χ0) is 16.5. The van der Waals surface area contributed by atoms with Crippen molar-refractivity contribution in [3.8, 4) is 0 Å². The lowest BCUT2D eigenvalue weighted by Crippen LogP contribution is -2.62. The molecule has 6 nitrogen and oxygen atoms in total. The van der Waals surface area contributed by atoms with Gasteiger partial charge in [0, 0.05) is 23.3 Å². The van der Waals surface area contributed by atoms with E-state index in [0.717, 1.165) is 12.8 Å². The van der Waals surface area contributed by atoms with Gasteiger partial charge in [-0.15, -0.1) is 0 Å². The van der Waals surface area contributed by atoms with Crippen LogP contribution in [-0.4, -0.2) is 33.9 Å². The SMILES string of the molecule is CC1(C)CC(NC(=O)c2ccc(C(N)=O)nc2)CC(C)(C)N1. The van der Waals surface area contributed by atoms with Crippen molar-refractivity contribution in [3.63, 3.8) is 0 Å². The van der Waals surface area contributed by atoms with Crippen molar-refractivity contribution >= 4 is 11.8 Å². The maximum atomic E-state index is 12.3. The molecular formula is C16H24N4O2. The summed E-state index contributed by atoms with van der Waals surface area (Å²) in [6.07, 6.45) is 3.09. The van der Waals surface area contributed by atoms with Gasteiger partial charge in [-0.3, -0.25) is 14.6 Å². The average molecular weight is 304 g/mol. The number of primary amides is 1. The van der Waals surface area contributed by atoms with Crippen LogP contribution in [0.25, 0.3) is 0 Å². The maximum absolute atomic E-state index is 12.3. The minimum Gasteiger partial charge on any atom is -0.364 e. The predicted octanol–water partition coefficient (Wildman–Crippen LogP) is 1.22. The zero-order valence-electron chi connectivity index (χ0n) is 13.6. The van der Waals surface area contributed by atoms with Gasteiger partial charge in [-0.25, -0.2) is 0 Å². The number of amides is 2. The third-order valence-electron chi connectivity index (χ3n) is 3.80. The quantitative estimate of drug-likeness (QED) is 0.782. The van der Waals surface area contributed by atoms with E-state index in [1.54, 1.807) is 6.07 Å². The highest BCUT2D eigenvalue weighted by Crippen LogP contribution is 2.28. The first-order valence-electron chi connectivity index (χ1n) is 7.44. The van der Waals surface area contributed by atoms with Crippen molar-refractivity contribution in [1.29, 1.82) is 0 Å². The molecule has 1 saturated heterocycles. The fourth-order valence-electron chi connectivity index (χ4n) is 3.37. The van der Waals surface area contributed by atoms with Crippen LogP contribution in [0.1, 0.15) is 61.4 Å². The number of carbonyl (C=O) groups excluding carboxylic acids is 2. The largest absolute Gasteiger partial charge is 0.364 e. The fourth-order valence-corrected chi connectivity index (χ4v) is 3.37. The van der Waals surface area contributed by atoms with Gasteiger partial charge < -0.3 is 16.4 Å². The second-order valence-corrected chi connectivity index (χ2v) is 7.27. The van der Waals surface area contributed by atoms with Crippen LogP contribution in [0.3, 0.4) is 0 Å². The van der Waals surface area contributed by atoms with Crippen molar-refractivity contribution in [2.45, 2.75) is 57.7 Å². The van der Waals surface area contributed by atoms with Crippen LogP contribution in [0.5, 0.6) is 0 Å². The van der Waals surface area contributed by atoms with Gasteiger partial charge >= 0.3 is 0 Å². The molecule has 120 valence electrons. The van der Waals surface area contributed by atoms with E-state index in [-0.39, 0.29) is 28.7 Å². The molecule has 2 heterocycles. The highest BCUT2D eigenvalue weighted by molar-refractivity contribution is 5.95. The Morgan fingerprint density at radius 1 is 1.23 bits per heavy atom. The highest BCUT2D eigenvalue weighted by Gasteiger charge is 2.38. The van der Waals surface area contributed by atoms with Crippen molar-refractivity contribution in [3.05, 3.63) is 29.6 Å². The summed E-state index contributed by atoms with van der Waals surface area (Å²) >= 11 is 0. The number of hydrogen-bond acceptors (Lipinski definition) is 4. The van der Waals surface area contributed by atoms with Crippen LogP contribution in [-0.2, 0) is 0 Å². The Kier molecular flexibility index (Phi) is 4.24. The first kappa shape index (κ1) is 16.4. The fraction of sp³-hybridized carbons (Fsp3) is 0.562. The Bertz CT molecular complexity index is 562. The van der Waals surface area contributed by atoms with E-state index in [2.05, 4.69) is 43.3 Å². The van der Waals surface area contributed by atoms with E-state index < -0.39 is 5.91 Å². The standard InChI is InChI=1S/C16H24N4O2/c1-15(2)7-11(8-16(3,4)20-15)19-14(22)10-5-6-12(13(17)21)18-9-10/h5-6,9,11,20H,7-8H2,1-4H3,(H2,17,21)(H,19,22). The summed E-state index contributed by atoms with van der Waals surface area (Å²) < 4.78 is 0. The minimum absolute atomic E-state index is 0.0340. The molecule has 4 N–H and O–H groups in total. The molecule has 6 heteroatoms. The molecule has 0 aromatic carbocycles. The number of rotatable bonds is 3. The van der Waals surface area contributed by atoms with E-state index in [4.69, 9.17) is 5.73 Å². The lowest BCUT2D eigenvalue weighted by molar-refractivity contribution is 0.0871. The van der Waals surface area contributed by atoms with Crippen LogP contribution in [0.2, 0.25) is 0 Å². The molecular weight excluding hydrogens is 280 g/mol. The number of nitrogens with one attached hydrogen (secondary N) is 2. The van der Waals surface area contributed by atoms with Crippen molar-refractivity contribution in [2.75, 3.05) is 0 Å². The third-order valence-corrected chi connectivity index (χ3v) is 3.80. The van der Waals surface area contributed by atoms with E-state index in [0.29, 0.717) is 5.56 Å². The first-order chi connectivity index (χ1) is 10.1. The normalized spacial score (nSPS) is 20.4. The predicted molar refractivity (Wildman–Crippen MR) is 84.5 cm³/mol.